The highest BCUT2D eigenvalue weighted by Crippen LogP contribution is 2.15. The minimum Gasteiger partial charge on any atom is -0.305 e. The van der Waals surface area contributed by atoms with Crippen LogP contribution in [0.5, 0.6) is 0 Å². The minimum absolute atomic E-state index is 0.762. The van der Waals surface area contributed by atoms with Gasteiger partial charge in [0.25, 0.3) is 0 Å². The fraction of sp³-hybridized carbons (Fsp3) is 1.00. The van der Waals surface area contributed by atoms with E-state index < -0.39 is 0 Å². The first-order valence-corrected chi connectivity index (χ1v) is 6.57. The van der Waals surface area contributed by atoms with E-state index in [0.717, 1.165) is 12.0 Å². The van der Waals surface area contributed by atoms with Crippen LogP contribution in [0, 0.1) is 5.92 Å². The molecule has 1 aliphatic heterocycles. The van der Waals surface area contributed by atoms with Crippen molar-refractivity contribution in [3.05, 3.63) is 0 Å². The molecular formula is C13H30N2. The number of hydrogen-bond donors (Lipinski definition) is 0. The lowest BCUT2D eigenvalue weighted by Gasteiger charge is -2.32. The van der Waals surface area contributed by atoms with Crippen molar-refractivity contribution < 1.29 is 0 Å². The standard InChI is InChI=1S/C11H24N2.C2H6/c1-5-13-8-6-7-12(4)9-11(13)10(2)3;1-2/h10-11H,5-9H2,1-4H3;1-2H3/t11-;/m0./s1. The zero-order valence-corrected chi connectivity index (χ0v) is 11.6. The summed E-state index contributed by atoms with van der Waals surface area (Å²) in [5.41, 5.74) is 0. The van der Waals surface area contributed by atoms with Crippen molar-refractivity contribution >= 4 is 0 Å². The maximum absolute atomic E-state index is 2.63. The highest BCUT2D eigenvalue weighted by molar-refractivity contribution is 4.80. The van der Waals surface area contributed by atoms with Gasteiger partial charge in [0.2, 0.25) is 0 Å². The van der Waals surface area contributed by atoms with Crippen LogP contribution in [0.3, 0.4) is 0 Å². The number of hydrogen-bond acceptors (Lipinski definition) is 2. The van der Waals surface area contributed by atoms with E-state index in [9.17, 15) is 0 Å². The molecule has 1 fully saturated rings. The Morgan fingerprint density at radius 1 is 1.20 bits per heavy atom. The van der Waals surface area contributed by atoms with Crippen molar-refractivity contribution in [3.63, 3.8) is 0 Å². The van der Waals surface area contributed by atoms with E-state index in [-0.39, 0.29) is 0 Å². The Kier molecular flexibility index (Phi) is 8.07. The van der Waals surface area contributed by atoms with Crippen LogP contribution in [0.1, 0.15) is 41.0 Å². The van der Waals surface area contributed by atoms with Crippen LogP contribution in [0.25, 0.3) is 0 Å². The normalized spacial score (nSPS) is 24.6. The fourth-order valence-electron chi connectivity index (χ4n) is 2.26. The van der Waals surface area contributed by atoms with Gasteiger partial charge >= 0.3 is 0 Å². The molecule has 2 heteroatoms. The molecule has 0 radical (unpaired) electrons. The first-order chi connectivity index (χ1) is 7.15. The van der Waals surface area contributed by atoms with Gasteiger partial charge in [-0.15, -0.1) is 0 Å². The summed E-state index contributed by atoms with van der Waals surface area (Å²) in [6, 6.07) is 0.762. The Hall–Kier alpha value is -0.0800. The first-order valence-electron chi connectivity index (χ1n) is 6.57. The molecule has 92 valence electrons. The Labute approximate surface area is 96.6 Å². The van der Waals surface area contributed by atoms with E-state index in [4.69, 9.17) is 0 Å². The Morgan fingerprint density at radius 3 is 2.27 bits per heavy atom. The molecule has 1 atom stereocenters. The zero-order chi connectivity index (χ0) is 11.8. The second kappa shape index (κ2) is 8.12. The van der Waals surface area contributed by atoms with Crippen molar-refractivity contribution in [1.29, 1.82) is 0 Å². The first kappa shape index (κ1) is 14.9. The lowest BCUT2D eigenvalue weighted by atomic mass is 10.0. The Bertz CT molecular complexity index is 145. The van der Waals surface area contributed by atoms with Gasteiger partial charge in [0, 0.05) is 12.6 Å². The molecule has 0 aromatic rings. The van der Waals surface area contributed by atoms with Gasteiger partial charge in [-0.25, -0.2) is 0 Å². The van der Waals surface area contributed by atoms with Gasteiger partial charge in [0.05, 0.1) is 0 Å². The van der Waals surface area contributed by atoms with Gasteiger partial charge in [0.15, 0.2) is 0 Å². The summed E-state index contributed by atoms with van der Waals surface area (Å²) in [4.78, 5) is 5.11. The monoisotopic (exact) mass is 214 g/mol. The average molecular weight is 214 g/mol. The van der Waals surface area contributed by atoms with Crippen LogP contribution < -0.4 is 0 Å². The van der Waals surface area contributed by atoms with Crippen molar-refractivity contribution in [2.75, 3.05) is 33.2 Å². The van der Waals surface area contributed by atoms with Gasteiger partial charge in [0.1, 0.15) is 0 Å². The third-order valence-corrected chi connectivity index (χ3v) is 3.13. The van der Waals surface area contributed by atoms with E-state index >= 15 is 0 Å². The molecule has 1 aliphatic rings. The largest absolute Gasteiger partial charge is 0.305 e. The van der Waals surface area contributed by atoms with Gasteiger partial charge in [-0.3, -0.25) is 4.90 Å². The lowest BCUT2D eigenvalue weighted by molar-refractivity contribution is 0.154. The smallest absolute Gasteiger partial charge is 0.0245 e. The van der Waals surface area contributed by atoms with Gasteiger partial charge < -0.3 is 4.90 Å². The highest BCUT2D eigenvalue weighted by Gasteiger charge is 2.24. The lowest BCUT2D eigenvalue weighted by Crippen LogP contribution is -2.43. The molecular weight excluding hydrogens is 184 g/mol. The molecule has 0 N–H and O–H groups in total. The quantitative estimate of drug-likeness (QED) is 0.697. The topological polar surface area (TPSA) is 6.48 Å². The predicted molar refractivity (Wildman–Crippen MR) is 69.3 cm³/mol. The summed E-state index contributed by atoms with van der Waals surface area (Å²) in [5.74, 6) is 0.778. The van der Waals surface area contributed by atoms with E-state index in [1.54, 1.807) is 0 Å². The maximum Gasteiger partial charge on any atom is 0.0245 e. The Morgan fingerprint density at radius 2 is 1.80 bits per heavy atom. The summed E-state index contributed by atoms with van der Waals surface area (Å²) in [6.45, 7) is 15.9. The molecule has 2 nitrogen and oxygen atoms in total. The van der Waals surface area contributed by atoms with Gasteiger partial charge in [-0.05, 0) is 39.0 Å². The third-order valence-electron chi connectivity index (χ3n) is 3.13. The summed E-state index contributed by atoms with van der Waals surface area (Å²) in [7, 11) is 2.24. The average Bonchev–Trinajstić information content (AvgIpc) is 2.42. The number of rotatable bonds is 2. The van der Waals surface area contributed by atoms with E-state index in [2.05, 4.69) is 37.6 Å². The molecule has 0 aromatic carbocycles. The summed E-state index contributed by atoms with van der Waals surface area (Å²) in [5, 5.41) is 0. The second-order valence-electron chi connectivity index (χ2n) is 4.56. The van der Waals surface area contributed by atoms with Crippen LogP contribution in [0.15, 0.2) is 0 Å². The van der Waals surface area contributed by atoms with Crippen molar-refractivity contribution in [2.45, 2.75) is 47.1 Å². The third kappa shape index (κ3) is 4.98. The molecule has 0 unspecified atom stereocenters. The highest BCUT2D eigenvalue weighted by atomic mass is 15.2. The number of likely N-dealkylation sites (N-methyl/N-ethyl adjacent to an activating group) is 2. The van der Waals surface area contributed by atoms with Crippen molar-refractivity contribution in [3.8, 4) is 0 Å². The molecule has 0 saturated carbocycles. The summed E-state index contributed by atoms with van der Waals surface area (Å²) < 4.78 is 0. The second-order valence-corrected chi connectivity index (χ2v) is 4.56. The molecule has 0 aliphatic carbocycles. The summed E-state index contributed by atoms with van der Waals surface area (Å²) >= 11 is 0. The van der Waals surface area contributed by atoms with Crippen molar-refractivity contribution in [2.24, 2.45) is 5.92 Å². The molecule has 1 saturated heterocycles. The molecule has 0 spiro atoms. The maximum atomic E-state index is 2.63. The molecule has 0 bridgehead atoms. The van der Waals surface area contributed by atoms with E-state index in [0.29, 0.717) is 0 Å². The number of nitrogens with zero attached hydrogens (tertiary/aromatic N) is 2. The van der Waals surface area contributed by atoms with Crippen molar-refractivity contribution in [1.82, 2.24) is 9.80 Å². The van der Waals surface area contributed by atoms with Crippen LogP contribution in [0.4, 0.5) is 0 Å². The van der Waals surface area contributed by atoms with E-state index in [1.807, 2.05) is 13.8 Å². The SMILES string of the molecule is CC.CCN1CCCN(C)C[C@H]1C(C)C. The summed E-state index contributed by atoms with van der Waals surface area (Å²) in [6.07, 6.45) is 1.33. The van der Waals surface area contributed by atoms with Crippen LogP contribution in [-0.4, -0.2) is 49.1 Å². The predicted octanol–water partition coefficient (Wildman–Crippen LogP) is 2.69. The van der Waals surface area contributed by atoms with E-state index in [1.165, 1.54) is 32.6 Å². The molecule has 15 heavy (non-hydrogen) atoms. The van der Waals surface area contributed by atoms with Gasteiger partial charge in [-0.1, -0.05) is 34.6 Å². The molecule has 0 aromatic heterocycles. The van der Waals surface area contributed by atoms with Crippen LogP contribution in [-0.2, 0) is 0 Å². The molecule has 1 rings (SSSR count). The van der Waals surface area contributed by atoms with Crippen LogP contribution in [0.2, 0.25) is 0 Å². The fourth-order valence-corrected chi connectivity index (χ4v) is 2.26. The molecule has 0 amide bonds. The zero-order valence-electron chi connectivity index (χ0n) is 11.6. The molecule has 1 heterocycles. The minimum atomic E-state index is 0.762. The Balaban J connectivity index is 0.000000921. The van der Waals surface area contributed by atoms with Crippen LogP contribution >= 0.6 is 0 Å². The van der Waals surface area contributed by atoms with Gasteiger partial charge in [-0.2, -0.15) is 0 Å².